The van der Waals surface area contributed by atoms with E-state index >= 15 is 0 Å². The summed E-state index contributed by atoms with van der Waals surface area (Å²) in [5, 5.41) is 0. The van der Waals surface area contributed by atoms with E-state index in [4.69, 9.17) is 0 Å². The van der Waals surface area contributed by atoms with Crippen molar-refractivity contribution in [2.75, 3.05) is 16.3 Å². The predicted octanol–water partition coefficient (Wildman–Crippen LogP) is 5.54. The van der Waals surface area contributed by atoms with Crippen molar-refractivity contribution in [1.82, 2.24) is 9.88 Å². The normalized spacial score (nSPS) is 23.8. The van der Waals surface area contributed by atoms with Crippen molar-refractivity contribution in [1.29, 1.82) is 0 Å². The highest BCUT2D eigenvalue weighted by Crippen LogP contribution is 2.45. The van der Waals surface area contributed by atoms with Gasteiger partial charge in [-0.25, -0.2) is 18.2 Å². The number of benzene rings is 2. The van der Waals surface area contributed by atoms with Gasteiger partial charge in [-0.05, 0) is 60.2 Å². The first-order chi connectivity index (χ1) is 20.1. The summed E-state index contributed by atoms with van der Waals surface area (Å²) in [5.41, 5.74) is 2.19. The third kappa shape index (κ3) is 4.82. The molecular weight excluding hydrogens is 545 g/mol. The van der Waals surface area contributed by atoms with Crippen LogP contribution in [0.4, 0.5) is 24.7 Å². The SMILES string of the molecule is Cc1cccnc1N1C(=O)CCC1C(=O)N(c1cccc(F)c1)C1C(=O)N(C2CC(F)(F)C2)CC(C)c2ccccc21. The Labute approximate surface area is 241 Å². The van der Waals surface area contributed by atoms with Gasteiger partial charge >= 0.3 is 0 Å². The Morgan fingerprint density at radius 1 is 1.02 bits per heavy atom. The van der Waals surface area contributed by atoms with Crippen molar-refractivity contribution >= 4 is 29.2 Å². The molecule has 0 N–H and O–H groups in total. The van der Waals surface area contributed by atoms with Crippen molar-refractivity contribution in [2.45, 2.75) is 69.5 Å². The van der Waals surface area contributed by atoms with Gasteiger partial charge in [0.05, 0.1) is 0 Å². The summed E-state index contributed by atoms with van der Waals surface area (Å²) in [5.74, 6) is -4.68. The molecule has 3 aromatic rings. The van der Waals surface area contributed by atoms with E-state index in [2.05, 4.69) is 4.98 Å². The van der Waals surface area contributed by atoms with Crippen LogP contribution in [0.15, 0.2) is 66.9 Å². The number of carbonyl (C=O) groups is 3. The van der Waals surface area contributed by atoms with Crippen LogP contribution < -0.4 is 9.80 Å². The standard InChI is InChI=1S/C32H31F3N4O3/c1-19-7-6-14-36-29(19)39-26(12-13-27(39)40)30(41)38(22-9-5-8-21(33)15-22)28-25-11-4-3-10-24(25)20(2)18-37(31(28)42)23-16-32(34,35)17-23/h3-11,14-15,20,23,26,28H,12-13,16-18H2,1-2H3. The van der Waals surface area contributed by atoms with Gasteiger partial charge in [-0.1, -0.05) is 43.3 Å². The monoisotopic (exact) mass is 576 g/mol. The number of carbonyl (C=O) groups excluding carboxylic acids is 3. The maximum Gasteiger partial charge on any atom is 0.252 e. The molecule has 10 heteroatoms. The summed E-state index contributed by atoms with van der Waals surface area (Å²) in [6.07, 6.45) is 0.910. The smallest absolute Gasteiger partial charge is 0.252 e. The lowest BCUT2D eigenvalue weighted by atomic mass is 9.86. The maximum absolute atomic E-state index is 14.7. The number of alkyl halides is 2. The van der Waals surface area contributed by atoms with Crippen molar-refractivity contribution < 1.29 is 27.6 Å². The molecule has 218 valence electrons. The van der Waals surface area contributed by atoms with Gasteiger partial charge in [0.25, 0.3) is 17.7 Å². The van der Waals surface area contributed by atoms with Crippen molar-refractivity contribution in [3.05, 3.63) is 89.4 Å². The van der Waals surface area contributed by atoms with Crippen LogP contribution in [0.2, 0.25) is 0 Å². The van der Waals surface area contributed by atoms with Gasteiger partial charge in [0.1, 0.15) is 23.7 Å². The highest BCUT2D eigenvalue weighted by Gasteiger charge is 2.53. The molecule has 2 fully saturated rings. The first-order valence-electron chi connectivity index (χ1n) is 14.1. The van der Waals surface area contributed by atoms with E-state index in [0.29, 0.717) is 16.9 Å². The second kappa shape index (κ2) is 10.6. The van der Waals surface area contributed by atoms with E-state index in [1.807, 2.05) is 19.1 Å². The zero-order chi connectivity index (χ0) is 29.8. The average molecular weight is 577 g/mol. The highest BCUT2D eigenvalue weighted by atomic mass is 19.3. The van der Waals surface area contributed by atoms with E-state index < -0.39 is 54.5 Å². The van der Waals surface area contributed by atoms with E-state index in [0.717, 1.165) is 5.56 Å². The summed E-state index contributed by atoms with van der Waals surface area (Å²) in [4.78, 5) is 50.8. The van der Waals surface area contributed by atoms with Gasteiger partial charge in [0.15, 0.2) is 0 Å². The fourth-order valence-electron chi connectivity index (χ4n) is 6.51. The lowest BCUT2D eigenvalue weighted by Gasteiger charge is -2.44. The molecule has 3 aliphatic rings. The third-order valence-electron chi connectivity index (χ3n) is 8.61. The maximum atomic E-state index is 14.7. The average Bonchev–Trinajstić information content (AvgIpc) is 3.29. The molecule has 1 aromatic heterocycles. The molecule has 3 atom stereocenters. The number of amides is 3. The largest absolute Gasteiger partial charge is 0.337 e. The first-order valence-corrected chi connectivity index (χ1v) is 14.1. The Morgan fingerprint density at radius 3 is 2.45 bits per heavy atom. The van der Waals surface area contributed by atoms with Crippen LogP contribution in [0, 0.1) is 12.7 Å². The third-order valence-corrected chi connectivity index (χ3v) is 8.61. The fraction of sp³-hybridized carbons (Fsp3) is 0.375. The van der Waals surface area contributed by atoms with E-state index in [1.54, 1.807) is 43.5 Å². The van der Waals surface area contributed by atoms with Crippen LogP contribution in [-0.2, 0) is 14.4 Å². The summed E-state index contributed by atoms with van der Waals surface area (Å²) >= 11 is 0. The molecule has 1 aliphatic carbocycles. The lowest BCUT2D eigenvalue weighted by molar-refractivity contribution is -0.155. The topological polar surface area (TPSA) is 73.8 Å². The minimum Gasteiger partial charge on any atom is -0.337 e. The minimum atomic E-state index is -2.86. The van der Waals surface area contributed by atoms with Gasteiger partial charge < -0.3 is 4.90 Å². The minimum absolute atomic E-state index is 0.0962. The Hall–Kier alpha value is -4.21. The van der Waals surface area contributed by atoms with Crippen LogP contribution in [0.5, 0.6) is 0 Å². The van der Waals surface area contributed by atoms with E-state index in [1.165, 1.54) is 32.9 Å². The molecule has 0 bridgehead atoms. The number of aryl methyl sites for hydroxylation is 1. The second-order valence-corrected chi connectivity index (χ2v) is 11.5. The number of halogens is 3. The number of hydrogen-bond acceptors (Lipinski definition) is 4. The van der Waals surface area contributed by atoms with Gasteiger partial charge in [-0.2, -0.15) is 0 Å². The number of aromatic nitrogens is 1. The fourth-order valence-corrected chi connectivity index (χ4v) is 6.51. The molecule has 0 radical (unpaired) electrons. The molecular formula is C32H31F3N4O3. The Kier molecular flexibility index (Phi) is 7.03. The number of rotatable bonds is 5. The number of fused-ring (bicyclic) bond motifs is 1. The molecule has 2 aliphatic heterocycles. The molecule has 6 rings (SSSR count). The van der Waals surface area contributed by atoms with Crippen LogP contribution in [0.1, 0.15) is 61.3 Å². The molecule has 1 saturated carbocycles. The Bertz CT molecular complexity index is 1560. The predicted molar refractivity (Wildman–Crippen MR) is 151 cm³/mol. The van der Waals surface area contributed by atoms with E-state index in [9.17, 15) is 27.6 Å². The molecule has 3 amide bonds. The Morgan fingerprint density at radius 2 is 1.76 bits per heavy atom. The highest BCUT2D eigenvalue weighted by molar-refractivity contribution is 6.11. The molecule has 0 spiro atoms. The summed E-state index contributed by atoms with van der Waals surface area (Å²) in [6, 6.07) is 13.2. The quantitative estimate of drug-likeness (QED) is 0.400. The second-order valence-electron chi connectivity index (χ2n) is 11.5. The summed E-state index contributed by atoms with van der Waals surface area (Å²) in [6.45, 7) is 3.92. The van der Waals surface area contributed by atoms with Crippen molar-refractivity contribution in [2.24, 2.45) is 0 Å². The van der Waals surface area contributed by atoms with Gasteiger partial charge in [0.2, 0.25) is 5.91 Å². The molecule has 1 saturated heterocycles. The van der Waals surface area contributed by atoms with Gasteiger partial charge in [0, 0.05) is 43.7 Å². The van der Waals surface area contributed by atoms with Crippen LogP contribution in [0.3, 0.4) is 0 Å². The van der Waals surface area contributed by atoms with Gasteiger partial charge in [-0.15, -0.1) is 0 Å². The first kappa shape index (κ1) is 27.9. The molecule has 2 aromatic carbocycles. The van der Waals surface area contributed by atoms with Crippen LogP contribution >= 0.6 is 0 Å². The lowest BCUT2D eigenvalue weighted by Crippen LogP contribution is -2.57. The van der Waals surface area contributed by atoms with Crippen molar-refractivity contribution in [3.8, 4) is 0 Å². The zero-order valence-electron chi connectivity index (χ0n) is 23.3. The molecule has 3 heterocycles. The molecule has 3 unspecified atom stereocenters. The van der Waals surface area contributed by atoms with Crippen LogP contribution in [-0.4, -0.2) is 52.2 Å². The molecule has 42 heavy (non-hydrogen) atoms. The zero-order valence-corrected chi connectivity index (χ0v) is 23.3. The summed E-state index contributed by atoms with van der Waals surface area (Å²) in [7, 11) is 0. The number of nitrogens with zero attached hydrogens (tertiary/aromatic N) is 4. The van der Waals surface area contributed by atoms with Gasteiger partial charge in [-0.3, -0.25) is 24.2 Å². The summed E-state index contributed by atoms with van der Waals surface area (Å²) < 4.78 is 42.7. The number of anilines is 2. The number of hydrogen-bond donors (Lipinski definition) is 0. The van der Waals surface area contributed by atoms with Crippen LogP contribution in [0.25, 0.3) is 0 Å². The van der Waals surface area contributed by atoms with Crippen molar-refractivity contribution in [3.63, 3.8) is 0 Å². The molecule has 7 nitrogen and oxygen atoms in total. The Balaban J connectivity index is 1.50. The number of pyridine rings is 1. The van der Waals surface area contributed by atoms with E-state index in [-0.39, 0.29) is 36.9 Å².